The number of hydrogen-bond acceptors (Lipinski definition) is 5. The number of allylic oxidation sites excluding steroid dienone is 1. The van der Waals surface area contributed by atoms with Gasteiger partial charge in [-0.3, -0.25) is 14.4 Å². The van der Waals surface area contributed by atoms with E-state index >= 15 is 0 Å². The number of Topliss-reactive ketones (excluding diaryl/α,β-unsaturated/α-hetero) is 1. The van der Waals surface area contributed by atoms with E-state index in [1.165, 1.54) is 68.5 Å². The quantitative estimate of drug-likeness (QED) is 0.121. The van der Waals surface area contributed by atoms with E-state index in [0.717, 1.165) is 39.3 Å². The molecule has 478 valence electrons. The van der Waals surface area contributed by atoms with Crippen LogP contribution in [0.15, 0.2) is 140 Å². The molecule has 0 unspecified atom stereocenters. The first-order valence-electron chi connectivity index (χ1n) is 32.1. The number of halogens is 1. The molecule has 5 heterocycles. The van der Waals surface area contributed by atoms with Crippen LogP contribution in [0.4, 0.5) is 22.7 Å². The van der Waals surface area contributed by atoms with E-state index in [-0.39, 0.29) is 50.6 Å². The Balaban J connectivity index is 0.000000204. The summed E-state index contributed by atoms with van der Waals surface area (Å²) in [4.78, 5) is 45.3. The second-order valence-corrected chi connectivity index (χ2v) is 27.4. The minimum absolute atomic E-state index is 0. The van der Waals surface area contributed by atoms with Crippen molar-refractivity contribution in [3.05, 3.63) is 200 Å². The fraction of sp³-hybridized carbons (Fsp3) is 0.438. The van der Waals surface area contributed by atoms with Gasteiger partial charge in [-0.2, -0.15) is 0 Å². The Hall–Kier alpha value is -7.16. The van der Waals surface area contributed by atoms with Gasteiger partial charge in [0.1, 0.15) is 0 Å². The molecule has 7 aromatic rings. The zero-order valence-corrected chi connectivity index (χ0v) is 56.9. The van der Waals surface area contributed by atoms with Crippen LogP contribution < -0.4 is 19.6 Å². The monoisotopic (exact) mass is 1220 g/mol. The van der Waals surface area contributed by atoms with E-state index in [9.17, 15) is 14.4 Å². The molecule has 6 aromatic carbocycles. The van der Waals surface area contributed by atoms with E-state index in [1.54, 1.807) is 0 Å². The topological polar surface area (TPSA) is 69.1 Å². The lowest BCUT2D eigenvalue weighted by Crippen LogP contribution is -2.33. The summed E-state index contributed by atoms with van der Waals surface area (Å²) in [5.74, 6) is 3.00. The normalized spacial score (nSPS) is 14.4. The predicted molar refractivity (Wildman–Crippen MR) is 388 cm³/mol. The first-order chi connectivity index (χ1) is 41.0. The molecular weight excluding hydrogens is 1110 g/mol. The van der Waals surface area contributed by atoms with E-state index in [1.807, 2.05) is 71.0 Å². The molecule has 0 aliphatic carbocycles. The van der Waals surface area contributed by atoms with Crippen LogP contribution in [0.5, 0.6) is 0 Å². The molecule has 0 saturated heterocycles. The summed E-state index contributed by atoms with van der Waals surface area (Å²) in [5, 5.41) is 2.05. The minimum atomic E-state index is 0. The lowest BCUT2D eigenvalue weighted by molar-refractivity contribution is -0.117. The third-order valence-corrected chi connectivity index (χ3v) is 17.3. The zero-order valence-electron chi connectivity index (χ0n) is 56.1. The van der Waals surface area contributed by atoms with Crippen molar-refractivity contribution in [2.75, 3.05) is 26.1 Å². The summed E-state index contributed by atoms with van der Waals surface area (Å²) in [6, 6.07) is 44.2. The van der Waals surface area contributed by atoms with E-state index in [2.05, 4.69) is 232 Å². The Morgan fingerprint density at radius 3 is 1.39 bits per heavy atom. The van der Waals surface area contributed by atoms with Crippen LogP contribution in [0, 0.1) is 0 Å². The van der Waals surface area contributed by atoms with Gasteiger partial charge in [0.15, 0.2) is 0 Å². The highest BCUT2D eigenvalue weighted by molar-refractivity contribution is 6.36. The fourth-order valence-electron chi connectivity index (χ4n) is 12.0. The second-order valence-electron chi connectivity index (χ2n) is 26.9. The van der Waals surface area contributed by atoms with Crippen molar-refractivity contribution < 1.29 is 14.4 Å². The molecule has 0 saturated carbocycles. The van der Waals surface area contributed by atoms with Crippen molar-refractivity contribution in [2.45, 2.75) is 226 Å². The van der Waals surface area contributed by atoms with Crippen LogP contribution in [-0.4, -0.2) is 52.9 Å². The van der Waals surface area contributed by atoms with E-state index in [0.29, 0.717) is 58.8 Å². The van der Waals surface area contributed by atoms with Gasteiger partial charge in [-0.1, -0.05) is 157 Å². The minimum Gasteiger partial charge on any atom is -0.369 e. The number of rotatable bonds is 11. The Labute approximate surface area is 543 Å². The summed E-state index contributed by atoms with van der Waals surface area (Å²) in [6.45, 7) is 48.4. The Morgan fingerprint density at radius 1 is 0.449 bits per heavy atom. The SMILES string of the molecule is C.C.C=C1C(=O)c2cc(C(C)C)ccc2N1C(C)C.CC(C)c1ccc2c(c1)/C(=C/c1ccc(Cl)cc1)C(=O)N2C(C)C.CC(C)c1ccc2c(c1)CC(=O)N2C(C)C.CC(C)c1ccc2c(c1)CCN2C(C)C.CC(C)c1ccc2c(ccn2C(C)C)c1. The average molecular weight is 1220 g/mol. The van der Waals surface area contributed by atoms with E-state index < -0.39 is 0 Å². The van der Waals surface area contributed by atoms with Crippen LogP contribution in [-0.2, 0) is 22.4 Å². The zero-order chi connectivity index (χ0) is 64.0. The standard InChI is InChI=1S/C21H22ClNO.C15H19NO.C14H19NO.C14H21N.C14H19N.2CH4/c1-13(2)16-7-10-20-18(12-16)19(21(24)23(20)14(3)4)11-15-5-8-17(22)9-6-15;1-9(2)12-6-7-14-13(8-12)15(17)11(5)16(14)10(3)4;1-9(2)11-5-6-13-12(7-11)8-14(16)15(13)10(3)4;2*1-10(2)12-5-6-14-13(9-12)7-8-15(14)11(3)4;;/h5-14H,1-4H3;6-10H,5H2,1-4H3;5-7,9-10H,8H2,1-4H3;5-6,9-11H,7-8H2,1-4H3;5-11H,1-4H3;2*1H4/b19-11-;;;;;;. The summed E-state index contributed by atoms with van der Waals surface area (Å²) in [7, 11) is 0. The van der Waals surface area contributed by atoms with Gasteiger partial charge in [-0.05, 0) is 228 Å². The van der Waals surface area contributed by atoms with Gasteiger partial charge in [0.05, 0.1) is 23.5 Å². The summed E-state index contributed by atoms with van der Waals surface area (Å²) in [5.41, 5.74) is 19.4. The van der Waals surface area contributed by atoms with Crippen molar-refractivity contribution in [1.82, 2.24) is 4.57 Å². The van der Waals surface area contributed by atoms with Crippen molar-refractivity contribution >= 4 is 74.5 Å². The third-order valence-electron chi connectivity index (χ3n) is 17.1. The number of benzene rings is 6. The van der Waals surface area contributed by atoms with Gasteiger partial charge in [0.2, 0.25) is 11.7 Å². The highest BCUT2D eigenvalue weighted by atomic mass is 35.5. The molecular formula is C80H108ClN5O3. The number of carbonyl (C=O) groups excluding carboxylic acids is 3. The summed E-state index contributed by atoms with van der Waals surface area (Å²) >= 11 is 5.96. The molecule has 0 bridgehead atoms. The number of anilines is 4. The molecule has 0 atom stereocenters. The molecule has 11 rings (SSSR count). The van der Waals surface area contributed by atoms with Crippen molar-refractivity contribution in [3.63, 3.8) is 0 Å². The third kappa shape index (κ3) is 16.6. The van der Waals surface area contributed by atoms with Gasteiger partial charge >= 0.3 is 0 Å². The average Bonchev–Trinajstić information content (AvgIpc) is 1.75. The summed E-state index contributed by atoms with van der Waals surface area (Å²) in [6.07, 6.45) is 5.92. The van der Waals surface area contributed by atoms with Gasteiger partial charge < -0.3 is 24.2 Å². The van der Waals surface area contributed by atoms with Crippen molar-refractivity contribution in [2.24, 2.45) is 0 Å². The molecule has 0 N–H and O–H groups in total. The molecule has 4 aliphatic rings. The molecule has 1 aromatic heterocycles. The molecule has 0 spiro atoms. The number of fused-ring (bicyclic) bond motifs is 5. The maximum absolute atomic E-state index is 13.0. The summed E-state index contributed by atoms with van der Waals surface area (Å²) < 4.78 is 2.32. The molecule has 2 amide bonds. The van der Waals surface area contributed by atoms with Crippen LogP contribution >= 0.6 is 11.6 Å². The second kappa shape index (κ2) is 31.0. The Bertz CT molecular complexity index is 3610. The van der Waals surface area contributed by atoms with Crippen LogP contribution in [0.3, 0.4) is 0 Å². The smallest absolute Gasteiger partial charge is 0.259 e. The lowest BCUT2D eigenvalue weighted by Gasteiger charge is -2.24. The van der Waals surface area contributed by atoms with Crippen LogP contribution in [0.2, 0.25) is 5.02 Å². The maximum atomic E-state index is 13.0. The first-order valence-corrected chi connectivity index (χ1v) is 32.4. The number of ketones is 1. The van der Waals surface area contributed by atoms with Gasteiger partial charge in [-0.15, -0.1) is 0 Å². The Kier molecular flexibility index (Phi) is 25.3. The highest BCUT2D eigenvalue weighted by Crippen LogP contribution is 2.42. The predicted octanol–water partition coefficient (Wildman–Crippen LogP) is 21.8. The molecule has 89 heavy (non-hydrogen) atoms. The van der Waals surface area contributed by atoms with Crippen molar-refractivity contribution in [1.29, 1.82) is 0 Å². The molecule has 0 radical (unpaired) electrons. The highest BCUT2D eigenvalue weighted by Gasteiger charge is 2.35. The van der Waals surface area contributed by atoms with Gasteiger partial charge in [-0.25, -0.2) is 0 Å². The van der Waals surface area contributed by atoms with Gasteiger partial charge in [0.25, 0.3) is 5.91 Å². The number of hydrogen-bond donors (Lipinski definition) is 0. The molecule has 9 heteroatoms. The maximum Gasteiger partial charge on any atom is 0.259 e. The van der Waals surface area contributed by atoms with Gasteiger partial charge in [0, 0.05) is 81.6 Å². The molecule has 0 fully saturated rings. The van der Waals surface area contributed by atoms with Crippen LogP contribution in [0.1, 0.15) is 249 Å². The molecule has 4 aliphatic heterocycles. The lowest BCUT2D eigenvalue weighted by atomic mass is 9.97. The number of amides is 2. The largest absolute Gasteiger partial charge is 0.369 e. The number of aromatic nitrogens is 1. The van der Waals surface area contributed by atoms with E-state index in [4.69, 9.17) is 11.6 Å². The van der Waals surface area contributed by atoms with Crippen LogP contribution in [0.25, 0.3) is 22.6 Å². The Morgan fingerprint density at radius 2 is 0.899 bits per heavy atom. The van der Waals surface area contributed by atoms with Crippen molar-refractivity contribution in [3.8, 4) is 0 Å². The number of nitrogens with zero attached hydrogens (tertiary/aromatic N) is 5. The first kappa shape index (κ1) is 72.6. The number of carbonyl (C=O) groups is 3. The molecule has 8 nitrogen and oxygen atoms in total. The fourth-order valence-corrected chi connectivity index (χ4v) is 12.1.